The van der Waals surface area contributed by atoms with Crippen molar-refractivity contribution < 1.29 is 13.6 Å². The molecule has 0 saturated heterocycles. The quantitative estimate of drug-likeness (QED) is 0.631. The molecular formula is C19H21N3O3S. The maximum absolute atomic E-state index is 12.3. The number of rotatable bonds is 7. The maximum atomic E-state index is 12.3. The molecule has 1 aromatic carbocycles. The lowest BCUT2D eigenvalue weighted by Gasteiger charge is -2.15. The minimum atomic E-state index is -0.336. The first-order valence-electron chi connectivity index (χ1n) is 8.42. The fourth-order valence-corrected chi connectivity index (χ4v) is 3.18. The fraction of sp³-hybridized carbons (Fsp3) is 0.316. The third-order valence-electron chi connectivity index (χ3n) is 4.09. The highest BCUT2D eigenvalue weighted by atomic mass is 32.2. The molecule has 0 aliphatic heterocycles. The Kier molecular flexibility index (Phi) is 5.78. The molecule has 2 atom stereocenters. The third kappa shape index (κ3) is 4.35. The molecule has 0 unspecified atom stereocenters. The number of carbonyl (C=O) groups is 1. The van der Waals surface area contributed by atoms with Gasteiger partial charge in [-0.05, 0) is 31.4 Å². The van der Waals surface area contributed by atoms with Crippen LogP contribution in [0, 0.1) is 6.92 Å². The molecule has 0 radical (unpaired) electrons. The molecule has 0 saturated carbocycles. The van der Waals surface area contributed by atoms with Gasteiger partial charge >= 0.3 is 0 Å². The monoisotopic (exact) mass is 371 g/mol. The van der Waals surface area contributed by atoms with Crippen molar-refractivity contribution in [2.24, 2.45) is 0 Å². The smallest absolute Gasteiger partial charge is 0.277 e. The Labute approximate surface area is 156 Å². The Balaban J connectivity index is 1.53. The second-order valence-corrected chi connectivity index (χ2v) is 7.37. The Morgan fingerprint density at radius 3 is 2.65 bits per heavy atom. The molecule has 0 aliphatic carbocycles. The zero-order chi connectivity index (χ0) is 18.5. The number of hydrogen-bond donors (Lipinski definition) is 1. The van der Waals surface area contributed by atoms with E-state index in [0.717, 1.165) is 5.56 Å². The second-order valence-electron chi connectivity index (χ2n) is 6.08. The number of amides is 1. The SMILES string of the molecule is Cc1occc1-c1nnc(S[C@H](C)C(=O)NC[C@@H](C)c2ccccc2)o1. The number of aromatic nitrogens is 2. The standard InChI is InChI=1S/C19H21N3O3S/c1-12(15-7-5-4-6-8-15)11-20-17(23)14(3)26-19-22-21-18(25-19)16-9-10-24-13(16)2/h4-10,12,14H,11H2,1-3H3,(H,20,23)/t12-,14-/m1/s1. The summed E-state index contributed by atoms with van der Waals surface area (Å²) >= 11 is 1.24. The van der Waals surface area contributed by atoms with Gasteiger partial charge in [0.15, 0.2) is 0 Å². The van der Waals surface area contributed by atoms with Gasteiger partial charge in [0.1, 0.15) is 5.76 Å². The predicted octanol–water partition coefficient (Wildman–Crippen LogP) is 4.04. The van der Waals surface area contributed by atoms with Crippen LogP contribution in [0.1, 0.15) is 31.1 Å². The molecule has 136 valence electrons. The Morgan fingerprint density at radius 2 is 1.96 bits per heavy atom. The third-order valence-corrected chi connectivity index (χ3v) is 5.03. The van der Waals surface area contributed by atoms with E-state index in [4.69, 9.17) is 8.83 Å². The molecule has 0 aliphatic rings. The van der Waals surface area contributed by atoms with Gasteiger partial charge in [0.25, 0.3) is 11.1 Å². The molecular weight excluding hydrogens is 350 g/mol. The molecule has 0 bridgehead atoms. The molecule has 2 aromatic heterocycles. The summed E-state index contributed by atoms with van der Waals surface area (Å²) in [6, 6.07) is 11.9. The van der Waals surface area contributed by atoms with Gasteiger partial charge in [0.2, 0.25) is 5.91 Å². The molecule has 0 fully saturated rings. The van der Waals surface area contributed by atoms with Gasteiger partial charge < -0.3 is 14.2 Å². The van der Waals surface area contributed by atoms with E-state index in [1.54, 1.807) is 12.3 Å². The zero-order valence-corrected chi connectivity index (χ0v) is 15.7. The van der Waals surface area contributed by atoms with Crippen LogP contribution in [0.3, 0.4) is 0 Å². The molecule has 7 heteroatoms. The van der Waals surface area contributed by atoms with Crippen LogP contribution >= 0.6 is 11.8 Å². The van der Waals surface area contributed by atoms with E-state index >= 15 is 0 Å². The van der Waals surface area contributed by atoms with E-state index in [9.17, 15) is 4.79 Å². The summed E-state index contributed by atoms with van der Waals surface area (Å²) in [7, 11) is 0. The predicted molar refractivity (Wildman–Crippen MR) is 99.9 cm³/mol. The first kappa shape index (κ1) is 18.3. The summed E-state index contributed by atoms with van der Waals surface area (Å²) in [5, 5.41) is 11.0. The summed E-state index contributed by atoms with van der Waals surface area (Å²) in [6.45, 7) is 6.32. The van der Waals surface area contributed by atoms with Gasteiger partial charge in [-0.25, -0.2) is 0 Å². The van der Waals surface area contributed by atoms with Crippen LogP contribution in [0.15, 0.2) is 56.7 Å². The highest BCUT2D eigenvalue weighted by Crippen LogP contribution is 2.28. The minimum Gasteiger partial charge on any atom is -0.469 e. The normalized spacial score (nSPS) is 13.3. The van der Waals surface area contributed by atoms with Crippen LogP contribution in [-0.2, 0) is 4.79 Å². The van der Waals surface area contributed by atoms with Gasteiger partial charge in [-0.15, -0.1) is 10.2 Å². The minimum absolute atomic E-state index is 0.0583. The average molecular weight is 371 g/mol. The lowest BCUT2D eigenvalue weighted by atomic mass is 10.0. The van der Waals surface area contributed by atoms with E-state index in [2.05, 4.69) is 34.6 Å². The van der Waals surface area contributed by atoms with Crippen LogP contribution in [-0.4, -0.2) is 27.9 Å². The van der Waals surface area contributed by atoms with E-state index in [0.29, 0.717) is 23.4 Å². The Bertz CT molecular complexity index is 860. The van der Waals surface area contributed by atoms with Gasteiger partial charge in [-0.1, -0.05) is 49.0 Å². The number of nitrogens with one attached hydrogen (secondary N) is 1. The van der Waals surface area contributed by atoms with Crippen molar-refractivity contribution in [1.82, 2.24) is 15.5 Å². The van der Waals surface area contributed by atoms with Gasteiger partial charge in [0, 0.05) is 6.54 Å². The number of benzene rings is 1. The molecule has 6 nitrogen and oxygen atoms in total. The number of aryl methyl sites for hydroxylation is 1. The second kappa shape index (κ2) is 8.23. The van der Waals surface area contributed by atoms with Crippen molar-refractivity contribution in [3.8, 4) is 11.5 Å². The molecule has 3 aromatic rings. The van der Waals surface area contributed by atoms with Crippen molar-refractivity contribution in [3.05, 3.63) is 54.0 Å². The van der Waals surface area contributed by atoms with Crippen molar-refractivity contribution in [3.63, 3.8) is 0 Å². The van der Waals surface area contributed by atoms with Gasteiger partial charge in [0.05, 0.1) is 17.1 Å². The van der Waals surface area contributed by atoms with Crippen molar-refractivity contribution in [2.45, 2.75) is 37.2 Å². The van der Waals surface area contributed by atoms with Crippen LogP contribution < -0.4 is 5.32 Å². The fourth-order valence-electron chi connectivity index (χ4n) is 2.47. The summed E-state index contributed by atoms with van der Waals surface area (Å²) in [4.78, 5) is 12.3. The van der Waals surface area contributed by atoms with Crippen LogP contribution in [0.25, 0.3) is 11.5 Å². The molecule has 26 heavy (non-hydrogen) atoms. The highest BCUT2D eigenvalue weighted by molar-refractivity contribution is 8.00. The van der Waals surface area contributed by atoms with Crippen LogP contribution in [0.2, 0.25) is 0 Å². The van der Waals surface area contributed by atoms with Gasteiger partial charge in [-0.3, -0.25) is 4.79 Å². The summed E-state index contributed by atoms with van der Waals surface area (Å²) in [6.07, 6.45) is 1.58. The Hall–Kier alpha value is -2.54. The van der Waals surface area contributed by atoms with Crippen LogP contribution in [0.4, 0.5) is 0 Å². The summed E-state index contributed by atoms with van der Waals surface area (Å²) in [5.74, 6) is 1.29. The topological polar surface area (TPSA) is 81.2 Å². The largest absolute Gasteiger partial charge is 0.469 e. The number of carbonyl (C=O) groups excluding carboxylic acids is 1. The summed E-state index contributed by atoms with van der Waals surface area (Å²) < 4.78 is 10.9. The Morgan fingerprint density at radius 1 is 1.19 bits per heavy atom. The lowest BCUT2D eigenvalue weighted by molar-refractivity contribution is -0.120. The van der Waals surface area contributed by atoms with E-state index in [1.807, 2.05) is 32.0 Å². The maximum Gasteiger partial charge on any atom is 0.277 e. The van der Waals surface area contributed by atoms with E-state index in [1.165, 1.54) is 17.3 Å². The molecule has 0 spiro atoms. The van der Waals surface area contributed by atoms with Crippen molar-refractivity contribution >= 4 is 17.7 Å². The molecule has 3 rings (SSSR count). The lowest BCUT2D eigenvalue weighted by Crippen LogP contribution is -2.33. The number of furan rings is 1. The number of nitrogens with zero attached hydrogens (tertiary/aromatic N) is 2. The zero-order valence-electron chi connectivity index (χ0n) is 14.9. The highest BCUT2D eigenvalue weighted by Gasteiger charge is 2.20. The van der Waals surface area contributed by atoms with Crippen LogP contribution in [0.5, 0.6) is 0 Å². The number of hydrogen-bond acceptors (Lipinski definition) is 6. The van der Waals surface area contributed by atoms with E-state index in [-0.39, 0.29) is 17.1 Å². The van der Waals surface area contributed by atoms with E-state index < -0.39 is 0 Å². The van der Waals surface area contributed by atoms with Crippen molar-refractivity contribution in [1.29, 1.82) is 0 Å². The van der Waals surface area contributed by atoms with Gasteiger partial charge in [-0.2, -0.15) is 0 Å². The number of thioether (sulfide) groups is 1. The molecule has 2 heterocycles. The molecule has 1 N–H and O–H groups in total. The van der Waals surface area contributed by atoms with Crippen molar-refractivity contribution in [2.75, 3.05) is 6.54 Å². The first-order chi connectivity index (χ1) is 12.5. The summed E-state index contributed by atoms with van der Waals surface area (Å²) in [5.41, 5.74) is 1.96. The average Bonchev–Trinajstić information content (AvgIpc) is 3.28. The molecule has 1 amide bonds. The first-order valence-corrected chi connectivity index (χ1v) is 9.30.